The van der Waals surface area contributed by atoms with Crippen molar-refractivity contribution < 1.29 is 4.79 Å². The van der Waals surface area contributed by atoms with Gasteiger partial charge in [0.15, 0.2) is 0 Å². The van der Waals surface area contributed by atoms with Crippen LogP contribution >= 0.6 is 34.8 Å². The number of hydrogen-bond donors (Lipinski definition) is 1. The second-order valence-corrected chi connectivity index (χ2v) is 7.93. The van der Waals surface area contributed by atoms with E-state index in [1.54, 1.807) is 18.2 Å². The number of benzene rings is 2. The van der Waals surface area contributed by atoms with Gasteiger partial charge in [-0.25, -0.2) is 0 Å². The molecule has 1 aliphatic rings. The molecule has 1 atom stereocenters. The van der Waals surface area contributed by atoms with E-state index < -0.39 is 11.8 Å². The number of halogens is 3. The van der Waals surface area contributed by atoms with Crippen molar-refractivity contribution in [2.24, 2.45) is 5.73 Å². The summed E-state index contributed by atoms with van der Waals surface area (Å²) in [6.07, 6.45) is 2.81. The Morgan fingerprint density at radius 3 is 2.33 bits per heavy atom. The zero-order chi connectivity index (χ0) is 17.5. The molecule has 3 rings (SSSR count). The van der Waals surface area contributed by atoms with Crippen molar-refractivity contribution in [1.82, 2.24) is 0 Å². The molecule has 24 heavy (non-hydrogen) atoms. The second kappa shape index (κ2) is 6.59. The van der Waals surface area contributed by atoms with Crippen LogP contribution in [0, 0.1) is 0 Å². The highest BCUT2D eigenvalue weighted by Gasteiger charge is 2.40. The van der Waals surface area contributed by atoms with Crippen LogP contribution in [0.5, 0.6) is 0 Å². The van der Waals surface area contributed by atoms with Gasteiger partial charge in [0.25, 0.3) is 0 Å². The minimum atomic E-state index is -0.474. The van der Waals surface area contributed by atoms with Crippen molar-refractivity contribution >= 4 is 40.7 Å². The van der Waals surface area contributed by atoms with E-state index in [-0.39, 0.29) is 5.41 Å². The number of hydrogen-bond acceptors (Lipinski definition) is 1. The second-order valence-electron chi connectivity index (χ2n) is 6.71. The Hall–Kier alpha value is -1.22. The Morgan fingerprint density at radius 2 is 1.79 bits per heavy atom. The van der Waals surface area contributed by atoms with E-state index in [4.69, 9.17) is 40.5 Å². The molecule has 2 N–H and O–H groups in total. The van der Waals surface area contributed by atoms with E-state index in [1.165, 1.54) is 18.4 Å². The van der Waals surface area contributed by atoms with Crippen molar-refractivity contribution in [1.29, 1.82) is 0 Å². The lowest BCUT2D eigenvalue weighted by molar-refractivity contribution is -0.119. The van der Waals surface area contributed by atoms with E-state index in [0.717, 1.165) is 16.1 Å². The summed E-state index contributed by atoms with van der Waals surface area (Å²) < 4.78 is 0. The Bertz CT molecular complexity index is 799. The first-order valence-electron chi connectivity index (χ1n) is 7.83. The van der Waals surface area contributed by atoms with Crippen molar-refractivity contribution in [3.05, 3.63) is 68.2 Å². The molecule has 0 radical (unpaired) electrons. The first-order valence-corrected chi connectivity index (χ1v) is 8.97. The SMILES string of the molecule is CC1(c2ccc(CC(C(N)=O)c3ccc(Cl)c(Cl)c3)cc2Cl)CC1. The Morgan fingerprint density at radius 1 is 1.08 bits per heavy atom. The summed E-state index contributed by atoms with van der Waals surface area (Å²) in [5, 5.41) is 1.62. The topological polar surface area (TPSA) is 43.1 Å². The fourth-order valence-electron chi connectivity index (χ4n) is 2.98. The molecule has 2 aromatic carbocycles. The predicted molar refractivity (Wildman–Crippen MR) is 100 cm³/mol. The zero-order valence-corrected chi connectivity index (χ0v) is 15.6. The van der Waals surface area contributed by atoms with E-state index in [2.05, 4.69) is 13.0 Å². The van der Waals surface area contributed by atoms with Crippen LogP contribution in [0.25, 0.3) is 0 Å². The normalized spacial score (nSPS) is 16.7. The molecule has 0 aromatic heterocycles. The smallest absolute Gasteiger partial charge is 0.225 e. The summed E-state index contributed by atoms with van der Waals surface area (Å²) in [4.78, 5) is 11.9. The fraction of sp³-hybridized carbons (Fsp3) is 0.316. The van der Waals surface area contributed by atoms with Gasteiger partial charge < -0.3 is 5.73 Å². The van der Waals surface area contributed by atoms with Gasteiger partial charge in [-0.1, -0.05) is 59.9 Å². The fourth-order valence-corrected chi connectivity index (χ4v) is 3.72. The van der Waals surface area contributed by atoms with Crippen LogP contribution in [0.2, 0.25) is 15.1 Å². The molecule has 0 bridgehead atoms. The van der Waals surface area contributed by atoms with Gasteiger partial charge in [0.2, 0.25) is 5.91 Å². The quantitative estimate of drug-likeness (QED) is 0.728. The van der Waals surface area contributed by atoms with Crippen LogP contribution < -0.4 is 5.73 Å². The number of primary amides is 1. The molecule has 1 amide bonds. The van der Waals surface area contributed by atoms with E-state index in [1.807, 2.05) is 12.1 Å². The van der Waals surface area contributed by atoms with Gasteiger partial charge in [0.1, 0.15) is 0 Å². The number of nitrogens with two attached hydrogens (primary N) is 1. The molecule has 0 heterocycles. The van der Waals surface area contributed by atoms with Gasteiger partial charge in [-0.05, 0) is 59.6 Å². The van der Waals surface area contributed by atoms with Gasteiger partial charge in [-0.15, -0.1) is 0 Å². The third-order valence-electron chi connectivity index (χ3n) is 4.81. The molecular formula is C19H18Cl3NO. The average molecular weight is 383 g/mol. The van der Waals surface area contributed by atoms with Crippen molar-refractivity contribution in [2.75, 3.05) is 0 Å². The van der Waals surface area contributed by atoms with Gasteiger partial charge in [-0.3, -0.25) is 4.79 Å². The molecule has 2 aromatic rings. The summed E-state index contributed by atoms with van der Waals surface area (Å²) in [7, 11) is 0. The van der Waals surface area contributed by atoms with Gasteiger partial charge in [-0.2, -0.15) is 0 Å². The maximum atomic E-state index is 11.9. The molecule has 0 spiro atoms. The van der Waals surface area contributed by atoms with Crippen molar-refractivity contribution in [3.8, 4) is 0 Å². The lowest BCUT2D eigenvalue weighted by Crippen LogP contribution is -2.23. The summed E-state index contributed by atoms with van der Waals surface area (Å²) >= 11 is 18.5. The lowest BCUT2D eigenvalue weighted by atomic mass is 9.89. The maximum absolute atomic E-state index is 11.9. The van der Waals surface area contributed by atoms with Crippen molar-refractivity contribution in [3.63, 3.8) is 0 Å². The Kier molecular flexibility index (Phi) is 4.83. The van der Waals surface area contributed by atoms with Gasteiger partial charge in [0, 0.05) is 5.02 Å². The number of rotatable bonds is 5. The highest BCUT2D eigenvalue weighted by Crippen LogP contribution is 2.50. The van der Waals surface area contributed by atoms with Crippen LogP contribution in [0.15, 0.2) is 36.4 Å². The monoisotopic (exact) mass is 381 g/mol. The molecule has 0 aliphatic heterocycles. The van der Waals surface area contributed by atoms with Crippen LogP contribution in [-0.4, -0.2) is 5.91 Å². The van der Waals surface area contributed by atoms with Crippen LogP contribution in [0.3, 0.4) is 0 Å². The molecular weight excluding hydrogens is 365 g/mol. The molecule has 1 unspecified atom stereocenters. The third-order valence-corrected chi connectivity index (χ3v) is 5.86. The molecule has 1 fully saturated rings. The van der Waals surface area contributed by atoms with Crippen LogP contribution in [0.1, 0.15) is 42.4 Å². The highest BCUT2D eigenvalue weighted by atomic mass is 35.5. The zero-order valence-electron chi connectivity index (χ0n) is 13.3. The molecule has 126 valence electrons. The maximum Gasteiger partial charge on any atom is 0.225 e. The standard InChI is InChI=1S/C19H18Cl3NO/c1-19(6-7-19)14-4-2-11(9-16(14)21)8-13(18(23)24)12-3-5-15(20)17(22)10-12/h2-5,9-10,13H,6-8H2,1H3,(H2,23,24). The lowest BCUT2D eigenvalue weighted by Gasteiger charge is -2.17. The van der Waals surface area contributed by atoms with E-state index >= 15 is 0 Å². The Labute approximate surface area is 156 Å². The summed E-state index contributed by atoms with van der Waals surface area (Å²) in [6.45, 7) is 2.22. The minimum absolute atomic E-state index is 0.211. The van der Waals surface area contributed by atoms with Crippen molar-refractivity contribution in [2.45, 2.75) is 37.5 Å². The number of carbonyl (C=O) groups is 1. The van der Waals surface area contributed by atoms with Crippen LogP contribution in [0.4, 0.5) is 0 Å². The van der Waals surface area contributed by atoms with Gasteiger partial charge in [0.05, 0.1) is 16.0 Å². The molecule has 5 heteroatoms. The first kappa shape index (κ1) is 17.6. The van der Waals surface area contributed by atoms with Gasteiger partial charge >= 0.3 is 0 Å². The summed E-state index contributed by atoms with van der Waals surface area (Å²) in [5.74, 6) is -0.874. The Balaban J connectivity index is 1.87. The number of carbonyl (C=O) groups excluding carboxylic acids is 1. The highest BCUT2D eigenvalue weighted by molar-refractivity contribution is 6.42. The largest absolute Gasteiger partial charge is 0.369 e. The predicted octanol–water partition coefficient (Wildman–Crippen LogP) is 5.51. The summed E-state index contributed by atoms with van der Waals surface area (Å²) in [6, 6.07) is 11.2. The molecule has 2 nitrogen and oxygen atoms in total. The van der Waals surface area contributed by atoms with Crippen LogP contribution in [-0.2, 0) is 16.6 Å². The van der Waals surface area contributed by atoms with E-state index in [0.29, 0.717) is 16.5 Å². The number of amides is 1. The third kappa shape index (κ3) is 3.56. The first-order chi connectivity index (χ1) is 11.3. The average Bonchev–Trinajstić information content (AvgIpc) is 3.26. The summed E-state index contributed by atoms with van der Waals surface area (Å²) in [5.41, 5.74) is 8.72. The minimum Gasteiger partial charge on any atom is -0.369 e. The molecule has 1 saturated carbocycles. The molecule has 0 saturated heterocycles. The van der Waals surface area contributed by atoms with E-state index in [9.17, 15) is 4.79 Å². The molecule has 1 aliphatic carbocycles.